The Bertz CT molecular complexity index is 1190. The minimum atomic E-state index is -0.349. The molecule has 2 heterocycles. The second-order valence-corrected chi connectivity index (χ2v) is 7.06. The molecule has 0 fully saturated rings. The first-order chi connectivity index (χ1) is 15.6. The van der Waals surface area contributed by atoms with Crippen LogP contribution in [0.4, 0.5) is 17.2 Å². The van der Waals surface area contributed by atoms with E-state index < -0.39 is 0 Å². The minimum Gasteiger partial charge on any atom is -0.467 e. The summed E-state index contributed by atoms with van der Waals surface area (Å²) in [5, 5.41) is 5.59. The predicted molar refractivity (Wildman–Crippen MR) is 123 cm³/mol. The van der Waals surface area contributed by atoms with E-state index in [-0.39, 0.29) is 18.4 Å². The van der Waals surface area contributed by atoms with Crippen LogP contribution in [0.1, 0.15) is 26.5 Å². The summed E-state index contributed by atoms with van der Waals surface area (Å²) < 4.78 is 5.23. The van der Waals surface area contributed by atoms with Crippen molar-refractivity contribution >= 4 is 29.0 Å². The number of benzene rings is 2. The number of anilines is 3. The van der Waals surface area contributed by atoms with Gasteiger partial charge in [0.15, 0.2) is 0 Å². The van der Waals surface area contributed by atoms with Gasteiger partial charge in [0.05, 0.1) is 29.6 Å². The molecule has 0 atom stereocenters. The molecule has 7 nitrogen and oxygen atoms in total. The molecule has 2 aromatic carbocycles. The lowest BCUT2D eigenvalue weighted by Gasteiger charge is -2.18. The van der Waals surface area contributed by atoms with Gasteiger partial charge in [0.1, 0.15) is 11.6 Å². The van der Waals surface area contributed by atoms with Crippen molar-refractivity contribution in [3.63, 3.8) is 0 Å². The lowest BCUT2D eigenvalue weighted by molar-refractivity contribution is 0.0949. The maximum atomic E-state index is 12.8. The van der Waals surface area contributed by atoms with Crippen LogP contribution in [0.5, 0.6) is 0 Å². The second-order valence-electron chi connectivity index (χ2n) is 7.06. The number of amides is 2. The molecular formula is C25H22N4O3. The molecule has 4 rings (SSSR count). The summed E-state index contributed by atoms with van der Waals surface area (Å²) >= 11 is 0. The van der Waals surface area contributed by atoms with E-state index in [1.807, 2.05) is 42.3 Å². The lowest BCUT2D eigenvalue weighted by Crippen LogP contribution is -2.24. The maximum Gasteiger partial charge on any atom is 0.257 e. The second kappa shape index (κ2) is 9.61. The van der Waals surface area contributed by atoms with Crippen molar-refractivity contribution in [1.29, 1.82) is 0 Å². The summed E-state index contributed by atoms with van der Waals surface area (Å²) in [6.45, 7) is 0.258. The molecule has 160 valence electrons. The van der Waals surface area contributed by atoms with Gasteiger partial charge in [-0.3, -0.25) is 9.59 Å². The number of nitrogens with zero attached hydrogens (tertiary/aromatic N) is 2. The zero-order valence-electron chi connectivity index (χ0n) is 17.5. The molecule has 0 bridgehead atoms. The number of carbonyl (C=O) groups is 2. The van der Waals surface area contributed by atoms with Crippen LogP contribution in [0, 0.1) is 0 Å². The normalized spacial score (nSPS) is 10.4. The molecule has 2 aromatic heterocycles. The monoisotopic (exact) mass is 426 g/mol. The zero-order chi connectivity index (χ0) is 22.3. The fourth-order valence-corrected chi connectivity index (χ4v) is 3.16. The van der Waals surface area contributed by atoms with Gasteiger partial charge in [0.2, 0.25) is 0 Å². The number of furan rings is 1. The predicted octanol–water partition coefficient (Wildman–Crippen LogP) is 4.62. The van der Waals surface area contributed by atoms with Gasteiger partial charge in [-0.1, -0.05) is 30.3 Å². The SMILES string of the molecule is CN(c1ccccc1)c1ccc(C(=O)Nc2ccccc2C(=O)NCc2ccco2)cn1. The van der Waals surface area contributed by atoms with Crippen molar-refractivity contribution in [3.05, 3.63) is 108 Å². The highest BCUT2D eigenvalue weighted by atomic mass is 16.3. The first-order valence-electron chi connectivity index (χ1n) is 10.1. The smallest absolute Gasteiger partial charge is 0.257 e. The molecule has 0 aliphatic rings. The van der Waals surface area contributed by atoms with Crippen LogP contribution in [0.25, 0.3) is 0 Å². The van der Waals surface area contributed by atoms with Crippen LogP contribution >= 0.6 is 0 Å². The van der Waals surface area contributed by atoms with Gasteiger partial charge in [-0.05, 0) is 48.5 Å². The largest absolute Gasteiger partial charge is 0.467 e. The molecule has 0 spiro atoms. The summed E-state index contributed by atoms with van der Waals surface area (Å²) in [4.78, 5) is 31.7. The molecule has 7 heteroatoms. The molecule has 2 N–H and O–H groups in total. The van der Waals surface area contributed by atoms with E-state index in [0.29, 0.717) is 28.4 Å². The molecule has 0 radical (unpaired) electrons. The third-order valence-corrected chi connectivity index (χ3v) is 4.92. The molecule has 0 aliphatic heterocycles. The van der Waals surface area contributed by atoms with E-state index in [2.05, 4.69) is 15.6 Å². The summed E-state index contributed by atoms with van der Waals surface area (Å²) in [6, 6.07) is 23.7. The Morgan fingerprint density at radius 1 is 0.906 bits per heavy atom. The summed E-state index contributed by atoms with van der Waals surface area (Å²) in [7, 11) is 1.91. The minimum absolute atomic E-state index is 0.258. The third-order valence-electron chi connectivity index (χ3n) is 4.92. The number of para-hydroxylation sites is 2. The van der Waals surface area contributed by atoms with Crippen LogP contribution in [-0.4, -0.2) is 23.8 Å². The molecular weight excluding hydrogens is 404 g/mol. The van der Waals surface area contributed by atoms with Crippen LogP contribution in [0.15, 0.2) is 95.7 Å². The summed E-state index contributed by atoms with van der Waals surface area (Å²) in [5.74, 6) is 0.699. The van der Waals surface area contributed by atoms with Crippen molar-refractivity contribution in [1.82, 2.24) is 10.3 Å². The van der Waals surface area contributed by atoms with Crippen molar-refractivity contribution in [2.45, 2.75) is 6.54 Å². The average Bonchev–Trinajstić information content (AvgIpc) is 3.37. The van der Waals surface area contributed by atoms with Gasteiger partial charge in [-0.2, -0.15) is 0 Å². The number of carbonyl (C=O) groups excluding carboxylic acids is 2. The van der Waals surface area contributed by atoms with Gasteiger partial charge in [-0.25, -0.2) is 4.98 Å². The molecule has 4 aromatic rings. The van der Waals surface area contributed by atoms with Crippen molar-refractivity contribution in [2.24, 2.45) is 0 Å². The van der Waals surface area contributed by atoms with Gasteiger partial charge in [0.25, 0.3) is 11.8 Å². The number of rotatable bonds is 7. The zero-order valence-corrected chi connectivity index (χ0v) is 17.5. The molecule has 32 heavy (non-hydrogen) atoms. The van der Waals surface area contributed by atoms with Gasteiger partial charge < -0.3 is 20.0 Å². The standard InChI is InChI=1S/C25H22N4O3/c1-29(19-8-3-2-4-9-19)23-14-13-18(16-26-23)24(30)28-22-12-6-5-11-21(22)25(31)27-17-20-10-7-15-32-20/h2-16H,17H2,1H3,(H,27,31)(H,28,30). The number of nitrogens with one attached hydrogen (secondary N) is 2. The summed E-state index contributed by atoms with van der Waals surface area (Å²) in [6.07, 6.45) is 3.07. The van der Waals surface area contributed by atoms with Gasteiger partial charge in [-0.15, -0.1) is 0 Å². The Hall–Kier alpha value is -4.39. The van der Waals surface area contributed by atoms with E-state index >= 15 is 0 Å². The Labute approximate surface area is 185 Å². The Morgan fingerprint density at radius 2 is 1.69 bits per heavy atom. The molecule has 0 unspecified atom stereocenters. The number of hydrogen-bond donors (Lipinski definition) is 2. The van der Waals surface area contributed by atoms with E-state index in [9.17, 15) is 9.59 Å². The van der Waals surface area contributed by atoms with E-state index in [0.717, 1.165) is 5.69 Å². The number of hydrogen-bond acceptors (Lipinski definition) is 5. The van der Waals surface area contributed by atoms with Crippen molar-refractivity contribution in [3.8, 4) is 0 Å². The molecule has 2 amide bonds. The molecule has 0 aliphatic carbocycles. The highest BCUT2D eigenvalue weighted by Gasteiger charge is 2.15. The highest BCUT2D eigenvalue weighted by Crippen LogP contribution is 2.22. The van der Waals surface area contributed by atoms with Crippen LogP contribution in [-0.2, 0) is 6.54 Å². The quantitative estimate of drug-likeness (QED) is 0.450. The number of pyridine rings is 1. The topological polar surface area (TPSA) is 87.5 Å². The van der Waals surface area contributed by atoms with Crippen molar-refractivity contribution < 1.29 is 14.0 Å². The van der Waals surface area contributed by atoms with E-state index in [1.54, 1.807) is 54.8 Å². The Kier molecular flexibility index (Phi) is 6.27. The van der Waals surface area contributed by atoms with Crippen LogP contribution in [0.2, 0.25) is 0 Å². The number of aromatic nitrogens is 1. The first-order valence-corrected chi connectivity index (χ1v) is 10.1. The molecule has 0 saturated heterocycles. The average molecular weight is 426 g/mol. The third kappa shape index (κ3) is 4.84. The van der Waals surface area contributed by atoms with Gasteiger partial charge in [0, 0.05) is 18.9 Å². The summed E-state index contributed by atoms with van der Waals surface area (Å²) in [5.41, 5.74) is 2.16. The first kappa shape index (κ1) is 20.9. The van der Waals surface area contributed by atoms with E-state index in [1.165, 1.54) is 6.20 Å². The fraction of sp³-hybridized carbons (Fsp3) is 0.0800. The molecule has 0 saturated carbocycles. The maximum absolute atomic E-state index is 12.8. The van der Waals surface area contributed by atoms with Crippen molar-refractivity contribution in [2.75, 3.05) is 17.3 Å². The fourth-order valence-electron chi connectivity index (χ4n) is 3.16. The Morgan fingerprint density at radius 3 is 2.41 bits per heavy atom. The highest BCUT2D eigenvalue weighted by molar-refractivity contribution is 6.08. The van der Waals surface area contributed by atoms with E-state index in [4.69, 9.17) is 4.42 Å². The Balaban J connectivity index is 1.44. The lowest BCUT2D eigenvalue weighted by atomic mass is 10.1. The van der Waals surface area contributed by atoms with Crippen LogP contribution in [0.3, 0.4) is 0 Å². The van der Waals surface area contributed by atoms with Crippen LogP contribution < -0.4 is 15.5 Å². The van der Waals surface area contributed by atoms with Gasteiger partial charge >= 0.3 is 0 Å².